The second-order valence-corrected chi connectivity index (χ2v) is 4.21. The number of H-pyrrole nitrogens is 1. The fourth-order valence-electron chi connectivity index (χ4n) is 2.14. The van der Waals surface area contributed by atoms with Gasteiger partial charge in [-0.15, -0.1) is 0 Å². The number of nitrogens with zero attached hydrogens (tertiary/aromatic N) is 1. The predicted molar refractivity (Wildman–Crippen MR) is 68.6 cm³/mol. The van der Waals surface area contributed by atoms with Gasteiger partial charge in [0.2, 0.25) is 0 Å². The first-order valence-corrected chi connectivity index (χ1v) is 5.63. The van der Waals surface area contributed by atoms with Crippen LogP contribution in [0.2, 0.25) is 0 Å². The van der Waals surface area contributed by atoms with Crippen LogP contribution in [-0.4, -0.2) is 9.55 Å². The van der Waals surface area contributed by atoms with Crippen LogP contribution >= 0.6 is 0 Å². The highest BCUT2D eigenvalue weighted by Gasteiger charge is 2.10. The summed E-state index contributed by atoms with van der Waals surface area (Å²) in [6.45, 7) is 1.93. The van der Waals surface area contributed by atoms with Crippen molar-refractivity contribution in [3.05, 3.63) is 64.3 Å². The third kappa shape index (κ3) is 1.54. The van der Waals surface area contributed by atoms with Crippen molar-refractivity contribution in [2.24, 2.45) is 0 Å². The molecule has 0 fully saturated rings. The molecule has 0 saturated carbocycles. The van der Waals surface area contributed by atoms with Crippen LogP contribution in [0.1, 0.15) is 5.56 Å². The van der Waals surface area contributed by atoms with Gasteiger partial charge in [-0.1, -0.05) is 18.2 Å². The summed E-state index contributed by atoms with van der Waals surface area (Å²) < 4.78 is 14.7. The van der Waals surface area contributed by atoms with Crippen LogP contribution in [0.5, 0.6) is 0 Å². The van der Waals surface area contributed by atoms with E-state index in [9.17, 15) is 9.18 Å². The molecule has 0 unspecified atom stereocenters. The van der Waals surface area contributed by atoms with Gasteiger partial charge in [0, 0.05) is 0 Å². The number of fused-ring (bicyclic) bond motifs is 1. The number of aromatic nitrogens is 2. The van der Waals surface area contributed by atoms with Gasteiger partial charge in [-0.05, 0) is 36.8 Å². The first-order valence-electron chi connectivity index (χ1n) is 5.63. The van der Waals surface area contributed by atoms with Gasteiger partial charge >= 0.3 is 5.69 Å². The van der Waals surface area contributed by atoms with Crippen molar-refractivity contribution in [1.29, 1.82) is 0 Å². The standard InChI is InChI=1S/C14H11FN2O/c1-9-4-2-3-5-12(9)17-13-7-6-10(15)8-11(13)16-14(17)18/h2-8H,1H3,(H,16,18). The lowest BCUT2D eigenvalue weighted by Crippen LogP contribution is -2.15. The molecule has 2 aromatic carbocycles. The first kappa shape index (κ1) is 10.8. The van der Waals surface area contributed by atoms with Crippen LogP contribution in [0.15, 0.2) is 47.3 Å². The molecule has 0 spiro atoms. The Balaban J connectivity index is 2.40. The minimum atomic E-state index is -0.360. The molecule has 1 N–H and O–H groups in total. The molecule has 3 aromatic rings. The van der Waals surface area contributed by atoms with Gasteiger partial charge in [0.15, 0.2) is 0 Å². The molecular weight excluding hydrogens is 231 g/mol. The highest BCUT2D eigenvalue weighted by Crippen LogP contribution is 2.18. The summed E-state index contributed by atoms with van der Waals surface area (Å²) in [6.07, 6.45) is 0. The summed E-state index contributed by atoms with van der Waals surface area (Å²) in [7, 11) is 0. The number of benzene rings is 2. The summed E-state index contributed by atoms with van der Waals surface area (Å²) >= 11 is 0. The van der Waals surface area contributed by atoms with E-state index in [1.165, 1.54) is 12.1 Å². The molecular formula is C14H11FN2O. The molecule has 3 nitrogen and oxygen atoms in total. The first-order chi connectivity index (χ1) is 8.66. The summed E-state index contributed by atoms with van der Waals surface area (Å²) in [5.41, 5.74) is 2.72. The highest BCUT2D eigenvalue weighted by atomic mass is 19.1. The van der Waals surface area contributed by atoms with E-state index in [4.69, 9.17) is 0 Å². The Morgan fingerprint density at radius 2 is 1.94 bits per heavy atom. The minimum Gasteiger partial charge on any atom is -0.305 e. The number of hydrogen-bond acceptors (Lipinski definition) is 1. The van der Waals surface area contributed by atoms with Gasteiger partial charge < -0.3 is 4.98 Å². The monoisotopic (exact) mass is 242 g/mol. The highest BCUT2D eigenvalue weighted by molar-refractivity contribution is 5.77. The molecule has 1 heterocycles. The molecule has 4 heteroatoms. The van der Waals surface area contributed by atoms with Crippen LogP contribution in [-0.2, 0) is 0 Å². The van der Waals surface area contributed by atoms with Crippen molar-refractivity contribution in [3.8, 4) is 5.69 Å². The number of halogens is 1. The smallest absolute Gasteiger partial charge is 0.305 e. The maximum absolute atomic E-state index is 13.1. The molecule has 1 aromatic heterocycles. The molecule has 0 aliphatic carbocycles. The molecule has 0 radical (unpaired) electrons. The SMILES string of the molecule is Cc1ccccc1-n1c(=O)[nH]c2cc(F)ccc21. The Morgan fingerprint density at radius 3 is 2.72 bits per heavy atom. The number of imidazole rings is 1. The van der Waals surface area contributed by atoms with Crippen molar-refractivity contribution >= 4 is 11.0 Å². The molecule has 0 saturated heterocycles. The van der Waals surface area contributed by atoms with Crippen LogP contribution in [0.3, 0.4) is 0 Å². The minimum absolute atomic E-state index is 0.259. The molecule has 0 aliphatic rings. The molecule has 90 valence electrons. The average molecular weight is 242 g/mol. The maximum Gasteiger partial charge on any atom is 0.331 e. The Labute approximate surface area is 103 Å². The zero-order chi connectivity index (χ0) is 12.7. The van der Waals surface area contributed by atoms with Gasteiger partial charge in [-0.3, -0.25) is 4.57 Å². The Hall–Kier alpha value is -2.36. The van der Waals surface area contributed by atoms with Gasteiger partial charge in [0.05, 0.1) is 16.7 Å². The molecule has 3 rings (SSSR count). The predicted octanol–water partition coefficient (Wildman–Crippen LogP) is 2.77. The van der Waals surface area contributed by atoms with E-state index in [1.807, 2.05) is 31.2 Å². The average Bonchev–Trinajstić information content (AvgIpc) is 2.65. The van der Waals surface area contributed by atoms with E-state index in [0.717, 1.165) is 11.3 Å². The number of hydrogen-bond donors (Lipinski definition) is 1. The lowest BCUT2D eigenvalue weighted by molar-refractivity contribution is 0.629. The normalized spacial score (nSPS) is 11.0. The van der Waals surface area contributed by atoms with E-state index in [0.29, 0.717) is 11.0 Å². The van der Waals surface area contributed by atoms with Crippen molar-refractivity contribution in [2.45, 2.75) is 6.92 Å². The maximum atomic E-state index is 13.1. The zero-order valence-corrected chi connectivity index (χ0v) is 9.77. The van der Waals surface area contributed by atoms with Crippen molar-refractivity contribution in [1.82, 2.24) is 9.55 Å². The molecule has 18 heavy (non-hydrogen) atoms. The van der Waals surface area contributed by atoms with E-state index < -0.39 is 0 Å². The molecule has 0 atom stereocenters. The van der Waals surface area contributed by atoms with Crippen LogP contribution in [0, 0.1) is 12.7 Å². The van der Waals surface area contributed by atoms with Gasteiger partial charge in [0.1, 0.15) is 5.82 Å². The van der Waals surface area contributed by atoms with Crippen LogP contribution in [0.4, 0.5) is 4.39 Å². The van der Waals surface area contributed by atoms with Gasteiger partial charge in [0.25, 0.3) is 0 Å². The second kappa shape index (κ2) is 3.84. The Bertz CT molecular complexity index is 786. The summed E-state index contributed by atoms with van der Waals surface area (Å²) in [6, 6.07) is 11.9. The quantitative estimate of drug-likeness (QED) is 0.700. The van der Waals surface area contributed by atoms with E-state index in [-0.39, 0.29) is 11.5 Å². The van der Waals surface area contributed by atoms with E-state index in [1.54, 1.807) is 10.6 Å². The Kier molecular flexibility index (Phi) is 2.30. The lowest BCUT2D eigenvalue weighted by Gasteiger charge is -2.06. The Morgan fingerprint density at radius 1 is 1.17 bits per heavy atom. The lowest BCUT2D eigenvalue weighted by atomic mass is 10.2. The van der Waals surface area contributed by atoms with Crippen LogP contribution < -0.4 is 5.69 Å². The largest absolute Gasteiger partial charge is 0.331 e. The fourth-order valence-corrected chi connectivity index (χ4v) is 2.14. The van der Waals surface area contributed by atoms with E-state index >= 15 is 0 Å². The number of para-hydroxylation sites is 1. The number of aromatic amines is 1. The number of aryl methyl sites for hydroxylation is 1. The van der Waals surface area contributed by atoms with Crippen LogP contribution in [0.25, 0.3) is 16.7 Å². The van der Waals surface area contributed by atoms with Crippen molar-refractivity contribution in [3.63, 3.8) is 0 Å². The summed E-state index contributed by atoms with van der Waals surface area (Å²) in [5, 5.41) is 0. The zero-order valence-electron chi connectivity index (χ0n) is 9.77. The fraction of sp³-hybridized carbons (Fsp3) is 0.0714. The van der Waals surface area contributed by atoms with E-state index in [2.05, 4.69) is 4.98 Å². The topological polar surface area (TPSA) is 37.8 Å². The summed E-state index contributed by atoms with van der Waals surface area (Å²) in [5.74, 6) is -0.360. The third-order valence-corrected chi connectivity index (χ3v) is 3.00. The molecule has 0 amide bonds. The van der Waals surface area contributed by atoms with Gasteiger partial charge in [-0.2, -0.15) is 0 Å². The number of rotatable bonds is 1. The third-order valence-electron chi connectivity index (χ3n) is 3.00. The molecule has 0 bridgehead atoms. The van der Waals surface area contributed by atoms with Crippen molar-refractivity contribution < 1.29 is 4.39 Å². The number of nitrogens with one attached hydrogen (secondary N) is 1. The molecule has 0 aliphatic heterocycles. The second-order valence-electron chi connectivity index (χ2n) is 4.21. The van der Waals surface area contributed by atoms with Gasteiger partial charge in [-0.25, -0.2) is 9.18 Å². The summed E-state index contributed by atoms with van der Waals surface area (Å²) in [4.78, 5) is 14.6. The van der Waals surface area contributed by atoms with Crippen molar-refractivity contribution in [2.75, 3.05) is 0 Å².